The maximum Gasteiger partial charge on any atom is 0.238 e. The number of fused-ring (bicyclic) bond motifs is 5. The highest BCUT2D eigenvalue weighted by Crippen LogP contribution is 2.53. The van der Waals surface area contributed by atoms with Crippen LogP contribution in [0.4, 0.5) is 11.4 Å². The van der Waals surface area contributed by atoms with Crippen LogP contribution in [0.3, 0.4) is 0 Å². The summed E-state index contributed by atoms with van der Waals surface area (Å²) >= 11 is 6.73. The van der Waals surface area contributed by atoms with Gasteiger partial charge in [0, 0.05) is 8.95 Å². The zero-order chi connectivity index (χ0) is 14.9. The Hall–Kier alpha value is -1.14. The third kappa shape index (κ3) is 1.72. The van der Waals surface area contributed by atoms with Crippen LogP contribution in [-0.4, -0.2) is 11.8 Å². The summed E-state index contributed by atoms with van der Waals surface area (Å²) in [5.41, 5.74) is 7.00. The van der Waals surface area contributed by atoms with Gasteiger partial charge in [-0.25, -0.2) is 4.90 Å². The Morgan fingerprint density at radius 3 is 1.95 bits per heavy atom. The molecule has 1 aromatic rings. The van der Waals surface area contributed by atoms with Crippen molar-refractivity contribution in [2.75, 3.05) is 10.6 Å². The Morgan fingerprint density at radius 1 is 1.00 bits per heavy atom. The van der Waals surface area contributed by atoms with Crippen molar-refractivity contribution in [2.24, 2.45) is 23.7 Å². The van der Waals surface area contributed by atoms with Crippen molar-refractivity contribution in [2.45, 2.75) is 6.42 Å². The van der Waals surface area contributed by atoms with E-state index in [1.54, 1.807) is 12.1 Å². The first-order valence-corrected chi connectivity index (χ1v) is 8.38. The van der Waals surface area contributed by atoms with E-state index in [-0.39, 0.29) is 35.5 Å². The second kappa shape index (κ2) is 4.43. The summed E-state index contributed by atoms with van der Waals surface area (Å²) in [6.07, 6.45) is 5.13. The van der Waals surface area contributed by atoms with Crippen LogP contribution in [0.15, 0.2) is 33.2 Å². The highest BCUT2D eigenvalue weighted by atomic mass is 79.9. The van der Waals surface area contributed by atoms with E-state index in [4.69, 9.17) is 5.73 Å². The third-order valence-corrected chi connectivity index (χ3v) is 6.10. The van der Waals surface area contributed by atoms with Crippen molar-refractivity contribution in [3.63, 3.8) is 0 Å². The number of carbonyl (C=O) groups is 2. The van der Waals surface area contributed by atoms with Crippen molar-refractivity contribution in [1.29, 1.82) is 0 Å². The molecule has 2 fully saturated rings. The summed E-state index contributed by atoms with van der Waals surface area (Å²) in [6.45, 7) is 0. The lowest BCUT2D eigenvalue weighted by molar-refractivity contribution is -0.123. The summed E-state index contributed by atoms with van der Waals surface area (Å²) in [4.78, 5) is 26.7. The van der Waals surface area contributed by atoms with E-state index in [1.807, 2.05) is 0 Å². The fraction of sp³-hybridized carbons (Fsp3) is 0.333. The van der Waals surface area contributed by atoms with Crippen LogP contribution in [0.1, 0.15) is 6.42 Å². The molecule has 4 atom stereocenters. The van der Waals surface area contributed by atoms with Gasteiger partial charge in [-0.15, -0.1) is 0 Å². The second-order valence-electron chi connectivity index (χ2n) is 5.83. The quantitative estimate of drug-likeness (QED) is 0.438. The number of nitrogen functional groups attached to an aromatic ring is 1. The number of benzene rings is 1. The Labute approximate surface area is 138 Å². The molecule has 1 saturated carbocycles. The highest BCUT2D eigenvalue weighted by Gasteiger charge is 2.59. The van der Waals surface area contributed by atoms with E-state index in [0.717, 1.165) is 6.42 Å². The molecule has 0 aromatic heterocycles. The van der Waals surface area contributed by atoms with Crippen molar-refractivity contribution in [3.05, 3.63) is 33.2 Å². The molecule has 4 rings (SSSR count). The van der Waals surface area contributed by atoms with Gasteiger partial charge in [0.25, 0.3) is 0 Å². The van der Waals surface area contributed by atoms with Gasteiger partial charge < -0.3 is 5.73 Å². The number of rotatable bonds is 1. The fourth-order valence-electron chi connectivity index (χ4n) is 3.86. The van der Waals surface area contributed by atoms with E-state index in [2.05, 4.69) is 44.0 Å². The molecular formula is C15H12Br2N2O2. The van der Waals surface area contributed by atoms with Gasteiger partial charge >= 0.3 is 0 Å². The van der Waals surface area contributed by atoms with E-state index in [0.29, 0.717) is 20.3 Å². The maximum absolute atomic E-state index is 12.7. The van der Waals surface area contributed by atoms with Gasteiger partial charge in [0.2, 0.25) is 11.8 Å². The van der Waals surface area contributed by atoms with Gasteiger partial charge in [-0.05, 0) is 62.2 Å². The van der Waals surface area contributed by atoms with Crippen LogP contribution in [-0.2, 0) is 9.59 Å². The normalized spacial score (nSPS) is 33.1. The molecule has 2 amide bonds. The number of amides is 2. The van der Waals surface area contributed by atoms with Crippen molar-refractivity contribution in [1.82, 2.24) is 0 Å². The molecule has 2 aliphatic carbocycles. The molecule has 108 valence electrons. The summed E-state index contributed by atoms with van der Waals surface area (Å²) in [5.74, 6) is -0.0646. The lowest BCUT2D eigenvalue weighted by Crippen LogP contribution is -2.32. The lowest BCUT2D eigenvalue weighted by atomic mass is 9.85. The molecule has 3 aliphatic rings. The Balaban J connectivity index is 1.78. The number of hydrogen-bond acceptors (Lipinski definition) is 3. The monoisotopic (exact) mass is 410 g/mol. The molecule has 0 spiro atoms. The van der Waals surface area contributed by atoms with Gasteiger partial charge in [0.15, 0.2) is 0 Å². The zero-order valence-electron chi connectivity index (χ0n) is 10.9. The lowest BCUT2D eigenvalue weighted by Gasteiger charge is -2.18. The largest absolute Gasteiger partial charge is 0.397 e. The number of anilines is 2. The molecule has 1 aliphatic heterocycles. The molecular weight excluding hydrogens is 400 g/mol. The molecule has 2 N–H and O–H groups in total. The van der Waals surface area contributed by atoms with Crippen LogP contribution in [0.2, 0.25) is 0 Å². The third-order valence-electron chi connectivity index (χ3n) is 4.79. The van der Waals surface area contributed by atoms with Crippen LogP contribution >= 0.6 is 31.9 Å². The van der Waals surface area contributed by atoms with Gasteiger partial charge in [0.1, 0.15) is 0 Å². The SMILES string of the molecule is Nc1c(Br)cc(N2C(=O)[C@@H]3[C@H](C2=O)[C@H]2C=C[C@@H]3C2)cc1Br. The van der Waals surface area contributed by atoms with Gasteiger partial charge in [-0.2, -0.15) is 0 Å². The zero-order valence-corrected chi connectivity index (χ0v) is 14.1. The second-order valence-corrected chi connectivity index (χ2v) is 7.54. The molecule has 0 unspecified atom stereocenters. The molecule has 1 saturated heterocycles. The van der Waals surface area contributed by atoms with Crippen LogP contribution in [0.5, 0.6) is 0 Å². The summed E-state index contributed by atoms with van der Waals surface area (Å²) < 4.78 is 1.34. The number of imide groups is 1. The first-order valence-electron chi connectivity index (χ1n) is 6.79. The first kappa shape index (κ1) is 13.5. The molecule has 2 bridgehead atoms. The Bertz CT molecular complexity index is 663. The number of nitrogens with two attached hydrogens (primary N) is 1. The average molecular weight is 412 g/mol. The maximum atomic E-state index is 12.7. The van der Waals surface area contributed by atoms with E-state index >= 15 is 0 Å². The molecule has 1 heterocycles. The fourth-order valence-corrected chi connectivity index (χ4v) is 5.02. The minimum absolute atomic E-state index is 0.0783. The predicted molar refractivity (Wildman–Crippen MR) is 86.5 cm³/mol. The van der Waals surface area contributed by atoms with Crippen molar-refractivity contribution >= 4 is 55.0 Å². The van der Waals surface area contributed by atoms with Gasteiger partial charge in [0.05, 0.1) is 23.2 Å². The van der Waals surface area contributed by atoms with Crippen molar-refractivity contribution < 1.29 is 9.59 Å². The molecule has 21 heavy (non-hydrogen) atoms. The van der Waals surface area contributed by atoms with Crippen molar-refractivity contribution in [3.8, 4) is 0 Å². The van der Waals surface area contributed by atoms with E-state index in [9.17, 15) is 9.59 Å². The highest BCUT2D eigenvalue weighted by molar-refractivity contribution is 9.11. The van der Waals surface area contributed by atoms with Crippen LogP contribution in [0, 0.1) is 23.7 Å². The minimum atomic E-state index is -0.178. The average Bonchev–Trinajstić information content (AvgIpc) is 3.10. The number of halogens is 2. The molecule has 0 radical (unpaired) electrons. The summed E-state index contributed by atoms with van der Waals surface area (Å²) in [5, 5.41) is 0. The molecule has 1 aromatic carbocycles. The number of nitrogens with zero attached hydrogens (tertiary/aromatic N) is 1. The smallest absolute Gasteiger partial charge is 0.238 e. The number of carbonyl (C=O) groups excluding carboxylic acids is 2. The molecule has 6 heteroatoms. The standard InChI is InChI=1S/C15H12Br2N2O2/c16-9-4-8(5-10(17)13(9)18)19-14(20)11-6-1-2-7(3-6)12(11)15(19)21/h1-2,4-7,11-12H,3,18H2/t6-,7+,11+,12-. The van der Waals surface area contributed by atoms with Crippen LogP contribution in [0.25, 0.3) is 0 Å². The first-order chi connectivity index (χ1) is 9.99. The van der Waals surface area contributed by atoms with Gasteiger partial charge in [-0.3, -0.25) is 9.59 Å². The Morgan fingerprint density at radius 2 is 1.48 bits per heavy atom. The van der Waals surface area contributed by atoms with E-state index in [1.165, 1.54) is 4.90 Å². The topological polar surface area (TPSA) is 63.4 Å². The summed E-state index contributed by atoms with van der Waals surface area (Å²) in [6, 6.07) is 3.46. The van der Waals surface area contributed by atoms with Gasteiger partial charge in [-0.1, -0.05) is 12.2 Å². The predicted octanol–water partition coefficient (Wildman–Crippen LogP) is 3.11. The number of hydrogen-bond donors (Lipinski definition) is 1. The minimum Gasteiger partial charge on any atom is -0.397 e. The molecule has 4 nitrogen and oxygen atoms in total. The van der Waals surface area contributed by atoms with E-state index < -0.39 is 0 Å². The van der Waals surface area contributed by atoms with Crippen LogP contribution < -0.4 is 10.6 Å². The summed E-state index contributed by atoms with van der Waals surface area (Å²) in [7, 11) is 0. The number of allylic oxidation sites excluding steroid dienone is 2. The Kier molecular flexibility index (Phi) is 2.85.